The summed E-state index contributed by atoms with van der Waals surface area (Å²) in [6, 6.07) is 3.30. The van der Waals surface area contributed by atoms with Crippen molar-refractivity contribution in [2.24, 2.45) is 0 Å². The molecule has 4 heteroatoms. The first kappa shape index (κ1) is 13.1. The van der Waals surface area contributed by atoms with Crippen molar-refractivity contribution in [3.63, 3.8) is 0 Å². The van der Waals surface area contributed by atoms with Crippen LogP contribution in [0.25, 0.3) is 0 Å². The fraction of sp³-hybridized carbons (Fsp3) is 0.500. The molecule has 1 atom stereocenters. The van der Waals surface area contributed by atoms with Crippen LogP contribution in [-0.4, -0.2) is 23.8 Å². The third-order valence-corrected chi connectivity index (χ3v) is 2.26. The van der Waals surface area contributed by atoms with E-state index < -0.39 is 17.2 Å². The minimum Gasteiger partial charge on any atom is -0.389 e. The Balaban J connectivity index is 2.71. The second-order valence-electron chi connectivity index (χ2n) is 4.23. The van der Waals surface area contributed by atoms with E-state index in [0.29, 0.717) is 12.1 Å². The molecule has 0 aromatic heterocycles. The maximum absolute atomic E-state index is 12.9. The molecule has 1 unspecified atom stereocenters. The average molecular weight is 229 g/mol. The minimum atomic E-state index is -1.00. The van der Waals surface area contributed by atoms with Crippen LogP contribution in [0.1, 0.15) is 19.4 Å². The third kappa shape index (κ3) is 4.24. The molecule has 0 aliphatic rings. The van der Waals surface area contributed by atoms with Crippen LogP contribution in [0.2, 0.25) is 0 Å². The second-order valence-corrected chi connectivity index (χ2v) is 4.23. The van der Waals surface area contributed by atoms with E-state index in [-0.39, 0.29) is 6.42 Å². The van der Waals surface area contributed by atoms with E-state index in [1.165, 1.54) is 12.1 Å². The predicted molar refractivity (Wildman–Crippen MR) is 59.2 cm³/mol. The summed E-state index contributed by atoms with van der Waals surface area (Å²) in [7, 11) is 0. The number of rotatable bonds is 5. The lowest BCUT2D eigenvalue weighted by atomic mass is 9.96. The highest BCUT2D eigenvalue weighted by atomic mass is 19.1. The lowest BCUT2D eigenvalue weighted by Gasteiger charge is -2.23. The Bertz CT molecular complexity index is 333. The fourth-order valence-corrected chi connectivity index (χ4v) is 1.61. The molecule has 0 aliphatic heterocycles. The molecular weight excluding hydrogens is 212 g/mol. The van der Waals surface area contributed by atoms with Crippen molar-refractivity contribution in [1.82, 2.24) is 5.32 Å². The highest BCUT2D eigenvalue weighted by molar-refractivity contribution is 5.19. The number of hydrogen-bond acceptors (Lipinski definition) is 2. The van der Waals surface area contributed by atoms with Crippen LogP contribution in [-0.2, 0) is 6.42 Å². The van der Waals surface area contributed by atoms with Crippen LogP contribution >= 0.6 is 0 Å². The van der Waals surface area contributed by atoms with Gasteiger partial charge in [0.05, 0.1) is 5.60 Å². The number of likely N-dealkylation sites (N-methyl/N-ethyl adjacent to an activating group) is 1. The van der Waals surface area contributed by atoms with Gasteiger partial charge in [0.25, 0.3) is 0 Å². The molecule has 2 nitrogen and oxygen atoms in total. The van der Waals surface area contributed by atoms with Gasteiger partial charge in [0.15, 0.2) is 0 Å². The zero-order chi connectivity index (χ0) is 12.2. The monoisotopic (exact) mass is 229 g/mol. The SMILES string of the molecule is CCNCC(C)(O)Cc1cc(F)cc(F)c1. The highest BCUT2D eigenvalue weighted by Crippen LogP contribution is 2.15. The van der Waals surface area contributed by atoms with Crippen molar-refractivity contribution in [2.75, 3.05) is 13.1 Å². The summed E-state index contributed by atoms with van der Waals surface area (Å²) in [5.74, 6) is -1.23. The standard InChI is InChI=1S/C12H17F2NO/c1-3-15-8-12(2,16)7-9-4-10(13)6-11(14)5-9/h4-6,15-16H,3,7-8H2,1-2H3. The lowest BCUT2D eigenvalue weighted by molar-refractivity contribution is 0.0606. The van der Waals surface area contributed by atoms with E-state index in [2.05, 4.69) is 5.32 Å². The number of benzene rings is 1. The Morgan fingerprint density at radius 3 is 2.31 bits per heavy atom. The zero-order valence-electron chi connectivity index (χ0n) is 9.56. The van der Waals surface area contributed by atoms with Crippen LogP contribution in [0.4, 0.5) is 8.78 Å². The summed E-state index contributed by atoms with van der Waals surface area (Å²) in [4.78, 5) is 0. The molecule has 0 saturated heterocycles. The van der Waals surface area contributed by atoms with Crippen LogP contribution in [0.3, 0.4) is 0 Å². The molecule has 0 amide bonds. The van der Waals surface area contributed by atoms with Crippen LogP contribution in [0.15, 0.2) is 18.2 Å². The summed E-state index contributed by atoms with van der Waals surface area (Å²) in [5.41, 5.74) is -0.545. The first-order valence-corrected chi connectivity index (χ1v) is 5.31. The van der Waals surface area contributed by atoms with Gasteiger partial charge in [-0.05, 0) is 31.2 Å². The smallest absolute Gasteiger partial charge is 0.126 e. The van der Waals surface area contributed by atoms with E-state index in [1.54, 1.807) is 6.92 Å². The van der Waals surface area contributed by atoms with Gasteiger partial charge in [-0.2, -0.15) is 0 Å². The Morgan fingerprint density at radius 2 is 1.81 bits per heavy atom. The van der Waals surface area contributed by atoms with Gasteiger partial charge < -0.3 is 10.4 Å². The van der Waals surface area contributed by atoms with Crippen molar-refractivity contribution in [3.05, 3.63) is 35.4 Å². The van der Waals surface area contributed by atoms with Crippen molar-refractivity contribution >= 4 is 0 Å². The van der Waals surface area contributed by atoms with Crippen molar-refractivity contribution < 1.29 is 13.9 Å². The fourth-order valence-electron chi connectivity index (χ4n) is 1.61. The Hall–Kier alpha value is -1.00. The first-order valence-electron chi connectivity index (χ1n) is 5.31. The number of nitrogens with one attached hydrogen (secondary N) is 1. The van der Waals surface area contributed by atoms with Gasteiger partial charge in [0.2, 0.25) is 0 Å². The molecule has 0 heterocycles. The Labute approximate surface area is 94.3 Å². The number of halogens is 2. The molecule has 0 radical (unpaired) electrons. The molecule has 0 bridgehead atoms. The maximum atomic E-state index is 12.9. The molecular formula is C12H17F2NO. The van der Waals surface area contributed by atoms with Crippen molar-refractivity contribution in [1.29, 1.82) is 0 Å². The van der Waals surface area contributed by atoms with Crippen LogP contribution < -0.4 is 5.32 Å². The van der Waals surface area contributed by atoms with Gasteiger partial charge in [-0.25, -0.2) is 8.78 Å². The second kappa shape index (κ2) is 5.37. The maximum Gasteiger partial charge on any atom is 0.126 e. The third-order valence-electron chi connectivity index (χ3n) is 2.26. The summed E-state index contributed by atoms with van der Waals surface area (Å²) < 4.78 is 25.8. The Morgan fingerprint density at radius 1 is 1.25 bits per heavy atom. The molecule has 0 saturated carbocycles. The van der Waals surface area contributed by atoms with Gasteiger partial charge in [0.1, 0.15) is 11.6 Å². The first-order chi connectivity index (χ1) is 7.43. The van der Waals surface area contributed by atoms with Crippen LogP contribution in [0.5, 0.6) is 0 Å². The van der Waals surface area contributed by atoms with Gasteiger partial charge >= 0.3 is 0 Å². The average Bonchev–Trinajstić information content (AvgIpc) is 2.12. The van der Waals surface area contributed by atoms with Gasteiger partial charge in [-0.15, -0.1) is 0 Å². The summed E-state index contributed by atoms with van der Waals surface area (Å²) in [6.07, 6.45) is 0.217. The van der Waals surface area contributed by atoms with E-state index >= 15 is 0 Å². The molecule has 2 N–H and O–H groups in total. The van der Waals surface area contributed by atoms with Gasteiger partial charge in [-0.1, -0.05) is 6.92 Å². The normalized spacial score (nSPS) is 14.8. The summed E-state index contributed by atoms with van der Waals surface area (Å²) in [6.45, 7) is 4.70. The number of hydrogen-bond donors (Lipinski definition) is 2. The van der Waals surface area contributed by atoms with Crippen molar-refractivity contribution in [2.45, 2.75) is 25.9 Å². The molecule has 16 heavy (non-hydrogen) atoms. The Kier molecular flexibility index (Phi) is 4.38. The minimum absolute atomic E-state index is 0.217. The number of aliphatic hydroxyl groups is 1. The molecule has 0 fully saturated rings. The predicted octanol–water partition coefficient (Wildman–Crippen LogP) is 1.87. The van der Waals surface area contributed by atoms with E-state index in [4.69, 9.17) is 0 Å². The molecule has 90 valence electrons. The van der Waals surface area contributed by atoms with E-state index in [9.17, 15) is 13.9 Å². The molecule has 1 aromatic rings. The molecule has 1 rings (SSSR count). The molecule has 1 aromatic carbocycles. The molecule has 0 spiro atoms. The zero-order valence-corrected chi connectivity index (χ0v) is 9.56. The van der Waals surface area contributed by atoms with Crippen LogP contribution in [0, 0.1) is 11.6 Å². The summed E-state index contributed by atoms with van der Waals surface area (Å²) in [5, 5.41) is 13.0. The van der Waals surface area contributed by atoms with Gasteiger partial charge in [0, 0.05) is 19.0 Å². The quantitative estimate of drug-likeness (QED) is 0.807. The van der Waals surface area contributed by atoms with E-state index in [1.807, 2.05) is 6.92 Å². The topological polar surface area (TPSA) is 32.3 Å². The van der Waals surface area contributed by atoms with Crippen molar-refractivity contribution in [3.8, 4) is 0 Å². The largest absolute Gasteiger partial charge is 0.389 e. The molecule has 0 aliphatic carbocycles. The lowest BCUT2D eigenvalue weighted by Crippen LogP contribution is -2.39. The van der Waals surface area contributed by atoms with Gasteiger partial charge in [-0.3, -0.25) is 0 Å². The highest BCUT2D eigenvalue weighted by Gasteiger charge is 2.20. The summed E-state index contributed by atoms with van der Waals surface area (Å²) >= 11 is 0. The van der Waals surface area contributed by atoms with E-state index in [0.717, 1.165) is 12.6 Å².